The molecule has 0 fully saturated rings. The monoisotopic (exact) mass is 286 g/mol. The molecule has 84 valence electrons. The number of allylic oxidation sites excluding steroid dienone is 1. The summed E-state index contributed by atoms with van der Waals surface area (Å²) in [6.45, 7) is 0.0941. The van der Waals surface area contributed by atoms with Crippen molar-refractivity contribution in [2.45, 2.75) is 0 Å². The average molecular weight is 287 g/mol. The van der Waals surface area contributed by atoms with Crippen LogP contribution in [0.15, 0.2) is 33.8 Å². The van der Waals surface area contributed by atoms with Crippen LogP contribution in [0.3, 0.4) is 0 Å². The van der Waals surface area contributed by atoms with Crippen molar-refractivity contribution in [1.82, 2.24) is 5.32 Å². The van der Waals surface area contributed by atoms with Crippen molar-refractivity contribution in [3.05, 3.63) is 23.8 Å². The summed E-state index contributed by atoms with van der Waals surface area (Å²) in [4.78, 5) is 18.5. The quantitative estimate of drug-likeness (QED) is 0.391. The van der Waals surface area contributed by atoms with Crippen LogP contribution in [0.5, 0.6) is 0 Å². The Kier molecular flexibility index (Phi) is 2.62. The van der Waals surface area contributed by atoms with Crippen molar-refractivity contribution in [3.63, 3.8) is 0 Å². The van der Waals surface area contributed by atoms with Gasteiger partial charge in [0.05, 0.1) is 19.0 Å². The normalized spacial score (nSPS) is 26.8. The maximum absolute atomic E-state index is 10.4. The molecule has 1 unspecified atom stereocenters. The fourth-order valence-corrected chi connectivity index (χ4v) is 1.95. The van der Waals surface area contributed by atoms with Crippen molar-refractivity contribution in [2.75, 3.05) is 6.54 Å². The number of amides is 1. The maximum Gasteiger partial charge on any atom is 0.404 e. The van der Waals surface area contributed by atoms with Gasteiger partial charge in [-0.05, 0) is 0 Å². The number of hydrogen-bond acceptors (Lipinski definition) is 4. The molecule has 2 aliphatic heterocycles. The van der Waals surface area contributed by atoms with Gasteiger partial charge < -0.3 is 10.4 Å². The van der Waals surface area contributed by atoms with Crippen LogP contribution < -0.4 is 11.2 Å². The third-order valence-electron chi connectivity index (χ3n) is 2.22. The van der Waals surface area contributed by atoms with Crippen LogP contribution in [0.4, 0.5) is 4.79 Å². The Labute approximate surface area is 99.3 Å². The number of halogens is 1. The number of nitrogens with one attached hydrogen (secondary N) is 1. The van der Waals surface area contributed by atoms with E-state index in [0.717, 1.165) is 0 Å². The van der Waals surface area contributed by atoms with Crippen molar-refractivity contribution in [1.29, 1.82) is 0 Å². The first-order chi connectivity index (χ1) is 7.54. The number of aliphatic imine (C=N–C) groups is 2. The molecular formula is C8H9BrN5O2+. The smallest absolute Gasteiger partial charge is 0.404 e. The van der Waals surface area contributed by atoms with Gasteiger partial charge in [0.2, 0.25) is 5.70 Å². The molecule has 2 aliphatic rings. The van der Waals surface area contributed by atoms with Gasteiger partial charge in [-0.3, -0.25) is 4.99 Å². The zero-order valence-corrected chi connectivity index (χ0v) is 9.68. The minimum Gasteiger partial charge on any atom is -0.465 e. The number of fused-ring (bicyclic) bond motifs is 1. The van der Waals surface area contributed by atoms with Crippen LogP contribution in [0.1, 0.15) is 0 Å². The van der Waals surface area contributed by atoms with Gasteiger partial charge in [-0.2, -0.15) is 10.8 Å². The highest BCUT2D eigenvalue weighted by Gasteiger charge is 2.41. The van der Waals surface area contributed by atoms with E-state index in [1.54, 1.807) is 18.6 Å². The number of quaternary nitrogens is 1. The molecule has 0 saturated heterocycles. The number of hydrogen-bond donors (Lipinski definition) is 3. The Bertz CT molecular complexity index is 467. The lowest BCUT2D eigenvalue weighted by Gasteiger charge is -2.23. The molecule has 0 bridgehead atoms. The lowest BCUT2D eigenvalue weighted by Crippen LogP contribution is -2.50. The fraction of sp³-hybridized carbons (Fsp3) is 0.125. The van der Waals surface area contributed by atoms with Gasteiger partial charge >= 0.3 is 10.8 Å². The first-order valence-corrected chi connectivity index (χ1v) is 5.17. The number of nitrogens with zero attached hydrogens (tertiary/aromatic N) is 3. The van der Waals surface area contributed by atoms with Gasteiger partial charge in [0, 0.05) is 15.9 Å². The van der Waals surface area contributed by atoms with Gasteiger partial charge in [0.15, 0.2) is 0 Å². The Morgan fingerprint density at radius 3 is 3.12 bits per heavy atom. The highest BCUT2D eigenvalue weighted by Crippen LogP contribution is 2.29. The van der Waals surface area contributed by atoms with Crippen LogP contribution >= 0.6 is 15.9 Å². The van der Waals surface area contributed by atoms with Crippen molar-refractivity contribution in [2.24, 2.45) is 15.8 Å². The van der Waals surface area contributed by atoms with Crippen LogP contribution in [-0.4, -0.2) is 33.3 Å². The molecule has 8 heteroatoms. The average Bonchev–Trinajstić information content (AvgIpc) is 2.49. The molecule has 2 heterocycles. The molecule has 16 heavy (non-hydrogen) atoms. The summed E-state index contributed by atoms with van der Waals surface area (Å²) in [7, 11) is 0. The third kappa shape index (κ3) is 1.66. The highest BCUT2D eigenvalue weighted by atomic mass is 79.9. The number of carbonyl (C=O) groups is 1. The minimum atomic E-state index is -1.11. The van der Waals surface area contributed by atoms with Gasteiger partial charge in [0.1, 0.15) is 11.9 Å². The van der Waals surface area contributed by atoms with Gasteiger partial charge in [0.25, 0.3) is 0 Å². The molecule has 0 aliphatic carbocycles. The molecule has 0 radical (unpaired) electrons. The summed E-state index contributed by atoms with van der Waals surface area (Å²) in [5.74, 6) is 6.05. The number of rotatable bonds is 2. The number of amidine groups is 1. The lowest BCUT2D eigenvalue weighted by molar-refractivity contribution is -0.746. The summed E-state index contributed by atoms with van der Waals surface area (Å²) in [6, 6.07) is 0. The van der Waals surface area contributed by atoms with E-state index in [1.165, 1.54) is 0 Å². The molecule has 0 spiro atoms. The lowest BCUT2D eigenvalue weighted by atomic mass is 10.3. The number of carboxylic acid groups (broad SMARTS) is 1. The Morgan fingerprint density at radius 1 is 1.69 bits per heavy atom. The van der Waals surface area contributed by atoms with E-state index in [0.29, 0.717) is 16.1 Å². The highest BCUT2D eigenvalue weighted by molar-refractivity contribution is 9.18. The van der Waals surface area contributed by atoms with E-state index in [2.05, 4.69) is 31.2 Å². The minimum absolute atomic E-state index is 0.0941. The SMILES string of the molecule is N[N+]12C=CN=CC1=C(CNC(=O)O)N=C2Br. The summed E-state index contributed by atoms with van der Waals surface area (Å²) >= 11 is 3.25. The van der Waals surface area contributed by atoms with Crippen LogP contribution in [-0.2, 0) is 0 Å². The van der Waals surface area contributed by atoms with Gasteiger partial charge in [-0.25, -0.2) is 4.79 Å². The zero-order valence-electron chi connectivity index (χ0n) is 8.09. The van der Waals surface area contributed by atoms with Crippen molar-refractivity contribution < 1.29 is 14.5 Å². The van der Waals surface area contributed by atoms with Crippen LogP contribution in [0.25, 0.3) is 0 Å². The summed E-state index contributed by atoms with van der Waals surface area (Å²) in [5.41, 5.74) is 1.19. The first-order valence-electron chi connectivity index (χ1n) is 4.37. The Morgan fingerprint density at radius 2 is 2.44 bits per heavy atom. The molecular weight excluding hydrogens is 278 g/mol. The van der Waals surface area contributed by atoms with E-state index in [-0.39, 0.29) is 11.1 Å². The third-order valence-corrected chi connectivity index (χ3v) is 2.98. The molecule has 1 amide bonds. The molecule has 0 saturated carbocycles. The maximum atomic E-state index is 10.4. The summed E-state index contributed by atoms with van der Waals surface area (Å²) in [5, 5.41) is 10.8. The Hall–Kier alpha value is -1.51. The van der Waals surface area contributed by atoms with Crippen molar-refractivity contribution in [3.8, 4) is 0 Å². The second-order valence-electron chi connectivity index (χ2n) is 3.23. The standard InChI is InChI=1S/C8H8BrN5O2/c9-7-13-5(3-12-8(15)16)6-4-11-1-2-14(6,7)10/h1-2,4,12H,3,10H2/p+1. The molecule has 0 aromatic heterocycles. The summed E-state index contributed by atoms with van der Waals surface area (Å²) in [6.07, 6.45) is 3.67. The zero-order chi connectivity index (χ0) is 11.8. The fourth-order valence-electron chi connectivity index (χ4n) is 1.42. The van der Waals surface area contributed by atoms with Crippen molar-refractivity contribution >= 4 is 33.0 Å². The van der Waals surface area contributed by atoms with Crippen LogP contribution in [0, 0.1) is 0 Å². The summed E-state index contributed by atoms with van der Waals surface area (Å²) < 4.78 is 0.382. The van der Waals surface area contributed by atoms with E-state index in [4.69, 9.17) is 10.9 Å². The van der Waals surface area contributed by atoms with Gasteiger partial charge in [-0.1, -0.05) is 0 Å². The molecule has 0 aromatic rings. The van der Waals surface area contributed by atoms with Crippen LogP contribution in [0.2, 0.25) is 0 Å². The molecule has 4 N–H and O–H groups in total. The molecule has 1 atom stereocenters. The largest absolute Gasteiger partial charge is 0.465 e. The van der Waals surface area contributed by atoms with E-state index >= 15 is 0 Å². The number of nitrogens with two attached hydrogens (primary N) is 1. The van der Waals surface area contributed by atoms with E-state index in [9.17, 15) is 4.79 Å². The van der Waals surface area contributed by atoms with Gasteiger partial charge in [-0.15, -0.1) is 4.59 Å². The Balaban J connectivity index is 2.30. The second-order valence-corrected chi connectivity index (χ2v) is 3.93. The first kappa shape index (κ1) is 11.0. The van der Waals surface area contributed by atoms with E-state index < -0.39 is 6.09 Å². The predicted molar refractivity (Wildman–Crippen MR) is 61.5 cm³/mol. The van der Waals surface area contributed by atoms with E-state index in [1.807, 2.05) is 0 Å². The molecule has 2 rings (SSSR count). The topological polar surface area (TPSA) is 100 Å². The molecule has 7 nitrogen and oxygen atoms in total. The second kappa shape index (κ2) is 3.81. The molecule has 0 aromatic carbocycles. The predicted octanol–water partition coefficient (Wildman–Crippen LogP) is 0.476.